The molecule has 0 fully saturated rings. The van der Waals surface area contributed by atoms with E-state index < -0.39 is 0 Å². The highest BCUT2D eigenvalue weighted by Crippen LogP contribution is 2.26. The van der Waals surface area contributed by atoms with E-state index in [0.29, 0.717) is 17.1 Å². The Labute approximate surface area is 121 Å². The predicted octanol–water partition coefficient (Wildman–Crippen LogP) is 3.50. The zero-order valence-corrected chi connectivity index (χ0v) is 12.4. The number of hydrogen-bond acceptors (Lipinski definition) is 3. The maximum absolute atomic E-state index is 12.1. The van der Waals surface area contributed by atoms with Gasteiger partial charge in [0.1, 0.15) is 0 Å². The fourth-order valence-corrected chi connectivity index (χ4v) is 2.76. The minimum absolute atomic E-state index is 0.0939. The number of nitrogens with one attached hydrogen (secondary N) is 1. The molecule has 0 spiro atoms. The van der Waals surface area contributed by atoms with Crippen molar-refractivity contribution in [1.29, 1.82) is 0 Å². The van der Waals surface area contributed by atoms with Crippen molar-refractivity contribution in [2.75, 3.05) is 6.54 Å². The van der Waals surface area contributed by atoms with Gasteiger partial charge in [0.15, 0.2) is 0 Å². The van der Waals surface area contributed by atoms with Crippen LogP contribution in [0.3, 0.4) is 0 Å². The van der Waals surface area contributed by atoms with Crippen LogP contribution < -0.4 is 5.32 Å². The fraction of sp³-hybridized carbons (Fsp3) is 0.286. The maximum atomic E-state index is 12.1. The monoisotopic (exact) mass is 294 g/mol. The molecule has 1 amide bonds. The van der Waals surface area contributed by atoms with Crippen molar-refractivity contribution >= 4 is 28.8 Å². The van der Waals surface area contributed by atoms with Crippen LogP contribution in [0.5, 0.6) is 0 Å². The first kappa shape index (κ1) is 14.0. The van der Waals surface area contributed by atoms with Crippen LogP contribution in [-0.4, -0.2) is 17.4 Å². The molecule has 0 bridgehead atoms. The lowest BCUT2D eigenvalue weighted by atomic mass is 9.91. The second-order valence-electron chi connectivity index (χ2n) is 4.90. The number of thiophene rings is 1. The van der Waals surface area contributed by atoms with Crippen molar-refractivity contribution in [3.05, 3.63) is 51.4 Å². The van der Waals surface area contributed by atoms with Gasteiger partial charge in [-0.15, -0.1) is 11.3 Å². The smallest absolute Gasteiger partial charge is 0.252 e. The lowest BCUT2D eigenvalue weighted by Crippen LogP contribution is -2.36. The molecule has 2 aromatic rings. The van der Waals surface area contributed by atoms with Gasteiger partial charge in [-0.05, 0) is 17.5 Å². The number of halogens is 1. The molecule has 0 atom stereocenters. The van der Waals surface area contributed by atoms with Crippen molar-refractivity contribution in [3.8, 4) is 0 Å². The quantitative estimate of drug-likeness (QED) is 0.937. The summed E-state index contributed by atoms with van der Waals surface area (Å²) in [5.74, 6) is -0.169. The van der Waals surface area contributed by atoms with E-state index in [1.54, 1.807) is 23.6 Å². The predicted molar refractivity (Wildman–Crippen MR) is 78.9 cm³/mol. The van der Waals surface area contributed by atoms with Crippen molar-refractivity contribution in [1.82, 2.24) is 10.3 Å². The molecule has 0 saturated carbocycles. The molecule has 0 saturated heterocycles. The number of aromatic nitrogens is 1. The first-order chi connectivity index (χ1) is 9.00. The molecular weight excluding hydrogens is 280 g/mol. The molecule has 2 rings (SSSR count). The summed E-state index contributed by atoms with van der Waals surface area (Å²) in [6, 6.07) is 5.72. The van der Waals surface area contributed by atoms with E-state index >= 15 is 0 Å². The Kier molecular flexibility index (Phi) is 4.22. The van der Waals surface area contributed by atoms with Crippen LogP contribution in [0.4, 0.5) is 0 Å². The molecule has 100 valence electrons. The molecule has 0 aromatic carbocycles. The van der Waals surface area contributed by atoms with Gasteiger partial charge in [0.25, 0.3) is 5.91 Å². The van der Waals surface area contributed by atoms with Gasteiger partial charge in [-0.3, -0.25) is 9.78 Å². The Bertz CT molecular complexity index is 567. The minimum Gasteiger partial charge on any atom is -0.351 e. The summed E-state index contributed by atoms with van der Waals surface area (Å²) < 4.78 is 0. The van der Waals surface area contributed by atoms with Crippen LogP contribution in [0.15, 0.2) is 36.0 Å². The highest BCUT2D eigenvalue weighted by molar-refractivity contribution is 7.10. The molecule has 3 nitrogen and oxygen atoms in total. The van der Waals surface area contributed by atoms with E-state index in [-0.39, 0.29) is 11.3 Å². The molecular formula is C14H15ClN2OS. The third-order valence-electron chi connectivity index (χ3n) is 2.90. The summed E-state index contributed by atoms with van der Waals surface area (Å²) >= 11 is 7.64. The van der Waals surface area contributed by atoms with Crippen LogP contribution in [0, 0.1) is 0 Å². The molecule has 2 heterocycles. The molecule has 2 aromatic heterocycles. The third-order valence-corrected chi connectivity index (χ3v) is 4.43. The SMILES string of the molecule is CC(C)(CNC(=O)c1ccncc1Cl)c1cccs1. The minimum atomic E-state index is -0.169. The van der Waals surface area contributed by atoms with Crippen molar-refractivity contribution in [2.45, 2.75) is 19.3 Å². The first-order valence-electron chi connectivity index (χ1n) is 5.92. The van der Waals surface area contributed by atoms with Crippen LogP contribution in [0.1, 0.15) is 29.1 Å². The van der Waals surface area contributed by atoms with Crippen molar-refractivity contribution in [3.63, 3.8) is 0 Å². The Balaban J connectivity index is 2.03. The van der Waals surface area contributed by atoms with Gasteiger partial charge in [0.05, 0.1) is 10.6 Å². The maximum Gasteiger partial charge on any atom is 0.252 e. The topological polar surface area (TPSA) is 42.0 Å². The Morgan fingerprint density at radius 2 is 2.26 bits per heavy atom. The van der Waals surface area contributed by atoms with Crippen molar-refractivity contribution in [2.24, 2.45) is 0 Å². The lowest BCUT2D eigenvalue weighted by molar-refractivity contribution is 0.0946. The zero-order chi connectivity index (χ0) is 13.9. The molecule has 1 N–H and O–H groups in total. The summed E-state index contributed by atoms with van der Waals surface area (Å²) in [7, 11) is 0. The van der Waals surface area contributed by atoms with E-state index in [4.69, 9.17) is 11.6 Å². The molecule has 0 aliphatic heterocycles. The summed E-state index contributed by atoms with van der Waals surface area (Å²) in [5.41, 5.74) is 0.363. The van der Waals surface area contributed by atoms with Crippen molar-refractivity contribution < 1.29 is 4.79 Å². The third kappa shape index (κ3) is 3.33. The van der Waals surface area contributed by atoms with Gasteiger partial charge >= 0.3 is 0 Å². The second kappa shape index (κ2) is 5.72. The van der Waals surface area contributed by atoms with E-state index in [9.17, 15) is 4.79 Å². The largest absolute Gasteiger partial charge is 0.351 e. The number of nitrogens with zero attached hydrogens (tertiary/aromatic N) is 1. The first-order valence-corrected chi connectivity index (χ1v) is 7.18. The van der Waals surface area contributed by atoms with Gasteiger partial charge < -0.3 is 5.32 Å². The highest BCUT2D eigenvalue weighted by Gasteiger charge is 2.23. The van der Waals surface area contributed by atoms with Crippen LogP contribution in [0.25, 0.3) is 0 Å². The van der Waals surface area contributed by atoms with Gasteiger partial charge in [-0.1, -0.05) is 31.5 Å². The van der Waals surface area contributed by atoms with E-state index in [1.807, 2.05) is 11.4 Å². The van der Waals surface area contributed by atoms with Gasteiger partial charge in [-0.2, -0.15) is 0 Å². The van der Waals surface area contributed by atoms with Crippen LogP contribution >= 0.6 is 22.9 Å². The Hall–Kier alpha value is -1.39. The number of carbonyl (C=O) groups is 1. The summed E-state index contributed by atoms with van der Waals surface area (Å²) in [4.78, 5) is 17.2. The molecule has 0 radical (unpaired) electrons. The number of carbonyl (C=O) groups excluding carboxylic acids is 1. The van der Waals surface area contributed by atoms with E-state index in [0.717, 1.165) is 0 Å². The molecule has 0 aliphatic rings. The second-order valence-corrected chi connectivity index (χ2v) is 6.25. The van der Waals surface area contributed by atoms with Crippen LogP contribution in [-0.2, 0) is 5.41 Å². The summed E-state index contributed by atoms with van der Waals surface area (Å²) in [6.07, 6.45) is 3.03. The Morgan fingerprint density at radius 1 is 1.47 bits per heavy atom. The summed E-state index contributed by atoms with van der Waals surface area (Å²) in [6.45, 7) is 4.77. The molecule has 5 heteroatoms. The number of amides is 1. The van der Waals surface area contributed by atoms with E-state index in [1.165, 1.54) is 11.1 Å². The fourth-order valence-electron chi connectivity index (χ4n) is 1.71. The standard InChI is InChI=1S/C14H15ClN2OS/c1-14(2,12-4-3-7-19-12)9-17-13(18)10-5-6-16-8-11(10)15/h3-8H,9H2,1-2H3,(H,17,18). The zero-order valence-electron chi connectivity index (χ0n) is 10.8. The van der Waals surface area contributed by atoms with E-state index in [2.05, 4.69) is 30.2 Å². The normalized spacial score (nSPS) is 11.3. The number of hydrogen-bond donors (Lipinski definition) is 1. The molecule has 0 unspecified atom stereocenters. The number of rotatable bonds is 4. The Morgan fingerprint density at radius 3 is 2.89 bits per heavy atom. The average Bonchev–Trinajstić information content (AvgIpc) is 2.91. The molecule has 0 aliphatic carbocycles. The number of pyridine rings is 1. The van der Waals surface area contributed by atoms with Crippen LogP contribution in [0.2, 0.25) is 5.02 Å². The highest BCUT2D eigenvalue weighted by atomic mass is 35.5. The average molecular weight is 295 g/mol. The van der Waals surface area contributed by atoms with Gasteiger partial charge in [0.2, 0.25) is 0 Å². The lowest BCUT2D eigenvalue weighted by Gasteiger charge is -2.23. The summed E-state index contributed by atoms with van der Waals surface area (Å²) in [5, 5.41) is 5.33. The van der Waals surface area contributed by atoms with Gasteiger partial charge in [0, 0.05) is 29.2 Å². The molecule has 19 heavy (non-hydrogen) atoms. The van der Waals surface area contributed by atoms with Gasteiger partial charge in [-0.25, -0.2) is 0 Å².